The minimum absolute atomic E-state index is 0.0950. The average Bonchev–Trinajstić information content (AvgIpc) is 1.81. The molecule has 0 aromatic heterocycles. The van der Waals surface area contributed by atoms with Crippen LogP contribution in [0.5, 0.6) is 0 Å². The molecule has 1 atom stereocenters. The molecule has 0 saturated carbocycles. The van der Waals surface area contributed by atoms with Crippen molar-refractivity contribution < 1.29 is 35.8 Å². The Kier molecular flexibility index (Phi) is 3.21. The van der Waals surface area contributed by atoms with E-state index in [1.165, 1.54) is 0 Å². The molecule has 0 bridgehead atoms. The Morgan fingerprint density at radius 2 is 1.31 bits per heavy atom. The van der Waals surface area contributed by atoms with Crippen LogP contribution in [0.4, 0.5) is 26.3 Å². The molecular weight excluding hydrogens is 206 g/mol. The number of hydrogen-bond donors (Lipinski definition) is 0. The van der Waals surface area contributed by atoms with E-state index in [4.69, 9.17) is 0 Å². The van der Waals surface area contributed by atoms with Gasteiger partial charge >= 0.3 is 18.3 Å². The van der Waals surface area contributed by atoms with E-state index in [0.29, 0.717) is 7.11 Å². The second-order valence-electron chi connectivity index (χ2n) is 2.18. The van der Waals surface area contributed by atoms with Crippen molar-refractivity contribution in [2.24, 2.45) is 0 Å². The van der Waals surface area contributed by atoms with Crippen LogP contribution in [0.2, 0.25) is 0 Å². The van der Waals surface area contributed by atoms with E-state index in [0.717, 1.165) is 0 Å². The van der Waals surface area contributed by atoms with Gasteiger partial charge in [-0.2, -0.15) is 13.2 Å². The van der Waals surface area contributed by atoms with Gasteiger partial charge in [0.25, 0.3) is 0 Å². The van der Waals surface area contributed by atoms with Gasteiger partial charge in [-0.05, 0) is 0 Å². The Bertz CT molecular complexity index is 173. The number of ether oxygens (including phenoxy) is 2. The predicted molar refractivity (Wildman–Crippen MR) is 28.6 cm³/mol. The fourth-order valence-corrected chi connectivity index (χ4v) is 0.459. The van der Waals surface area contributed by atoms with E-state index in [-0.39, 0.29) is 6.92 Å². The van der Waals surface area contributed by atoms with Gasteiger partial charge in [-0.1, -0.05) is 0 Å². The summed E-state index contributed by atoms with van der Waals surface area (Å²) >= 11 is 0. The third-order valence-corrected chi connectivity index (χ3v) is 1.03. The SMILES string of the molecule is COC(F)(OC(F)(F)F)C(C)(F)F. The lowest BCUT2D eigenvalue weighted by atomic mass is 10.3. The molecule has 80 valence electrons. The van der Waals surface area contributed by atoms with Crippen LogP contribution in [-0.4, -0.2) is 25.4 Å². The molecule has 0 aliphatic heterocycles. The lowest BCUT2D eigenvalue weighted by molar-refractivity contribution is -0.490. The molecule has 2 nitrogen and oxygen atoms in total. The van der Waals surface area contributed by atoms with E-state index in [2.05, 4.69) is 9.47 Å². The van der Waals surface area contributed by atoms with Gasteiger partial charge < -0.3 is 4.74 Å². The van der Waals surface area contributed by atoms with E-state index in [9.17, 15) is 26.3 Å². The molecule has 0 heterocycles. The van der Waals surface area contributed by atoms with Crippen molar-refractivity contribution in [3.05, 3.63) is 0 Å². The maximum Gasteiger partial charge on any atom is 0.527 e. The summed E-state index contributed by atoms with van der Waals surface area (Å²) in [5.74, 6) is -4.42. The Morgan fingerprint density at radius 3 is 1.38 bits per heavy atom. The van der Waals surface area contributed by atoms with Crippen LogP contribution >= 0.6 is 0 Å². The van der Waals surface area contributed by atoms with Crippen molar-refractivity contribution in [2.45, 2.75) is 25.2 Å². The summed E-state index contributed by atoms with van der Waals surface area (Å²) in [6.07, 6.45) is -5.54. The third kappa shape index (κ3) is 3.39. The molecule has 0 aromatic rings. The first-order valence-corrected chi connectivity index (χ1v) is 2.90. The van der Waals surface area contributed by atoms with Gasteiger partial charge in [0.15, 0.2) is 0 Å². The van der Waals surface area contributed by atoms with Gasteiger partial charge in [-0.25, -0.2) is 4.74 Å². The van der Waals surface area contributed by atoms with Gasteiger partial charge in [0, 0.05) is 14.0 Å². The first-order chi connectivity index (χ1) is 5.52. The molecule has 1 unspecified atom stereocenters. The van der Waals surface area contributed by atoms with Crippen LogP contribution in [0.3, 0.4) is 0 Å². The highest BCUT2D eigenvalue weighted by Gasteiger charge is 2.59. The standard InChI is InChI=1S/C5H6F6O2/c1-3(6,7)4(8,12-2)13-5(9,10)11/h1-2H3. The first-order valence-electron chi connectivity index (χ1n) is 2.90. The van der Waals surface area contributed by atoms with E-state index < -0.39 is 18.3 Å². The quantitative estimate of drug-likeness (QED) is 0.528. The molecule has 0 aliphatic rings. The van der Waals surface area contributed by atoms with Crippen LogP contribution in [-0.2, 0) is 9.47 Å². The molecule has 0 N–H and O–H groups in total. The van der Waals surface area contributed by atoms with Crippen LogP contribution < -0.4 is 0 Å². The molecule has 13 heavy (non-hydrogen) atoms. The van der Waals surface area contributed by atoms with Crippen molar-refractivity contribution in [3.8, 4) is 0 Å². The third-order valence-electron chi connectivity index (χ3n) is 1.03. The Balaban J connectivity index is 4.67. The lowest BCUT2D eigenvalue weighted by Crippen LogP contribution is -2.49. The normalized spacial score (nSPS) is 18.5. The largest absolute Gasteiger partial charge is 0.527 e. The van der Waals surface area contributed by atoms with Crippen LogP contribution in [0, 0.1) is 0 Å². The molecule has 8 heteroatoms. The van der Waals surface area contributed by atoms with Crippen LogP contribution in [0.25, 0.3) is 0 Å². The van der Waals surface area contributed by atoms with Crippen molar-refractivity contribution in [1.82, 2.24) is 0 Å². The zero-order valence-electron chi connectivity index (χ0n) is 6.58. The number of halogens is 6. The fourth-order valence-electron chi connectivity index (χ4n) is 0.459. The highest BCUT2D eigenvalue weighted by molar-refractivity contribution is 4.72. The molecule has 0 aromatic carbocycles. The second kappa shape index (κ2) is 3.33. The van der Waals surface area contributed by atoms with Crippen LogP contribution in [0.15, 0.2) is 0 Å². The zero-order chi connectivity index (χ0) is 10.9. The monoisotopic (exact) mass is 212 g/mol. The Labute approximate surface area is 69.4 Å². The molecule has 0 amide bonds. The fraction of sp³-hybridized carbons (Fsp3) is 1.00. The second-order valence-corrected chi connectivity index (χ2v) is 2.18. The molecule has 0 spiro atoms. The molecule has 0 fully saturated rings. The summed E-state index contributed by atoms with van der Waals surface area (Å²) < 4.78 is 77.0. The first kappa shape index (κ1) is 12.5. The van der Waals surface area contributed by atoms with Crippen molar-refractivity contribution in [3.63, 3.8) is 0 Å². The summed E-state index contributed by atoms with van der Waals surface area (Å²) in [5.41, 5.74) is 0. The number of hydrogen-bond acceptors (Lipinski definition) is 2. The molecule has 0 radical (unpaired) electrons. The maximum atomic E-state index is 12.6. The smallest absolute Gasteiger partial charge is 0.322 e. The minimum atomic E-state index is -5.54. The average molecular weight is 212 g/mol. The molecule has 0 saturated heterocycles. The van der Waals surface area contributed by atoms with Crippen LogP contribution in [0.1, 0.15) is 6.92 Å². The highest BCUT2D eigenvalue weighted by Crippen LogP contribution is 2.38. The van der Waals surface area contributed by atoms with Gasteiger partial charge in [-0.15, -0.1) is 13.2 Å². The van der Waals surface area contributed by atoms with Gasteiger partial charge in [0.2, 0.25) is 0 Å². The van der Waals surface area contributed by atoms with E-state index in [1.807, 2.05) is 0 Å². The van der Waals surface area contributed by atoms with Gasteiger partial charge in [0.05, 0.1) is 0 Å². The van der Waals surface area contributed by atoms with E-state index >= 15 is 0 Å². The summed E-state index contributed by atoms with van der Waals surface area (Å²) in [6.45, 7) is -0.0950. The van der Waals surface area contributed by atoms with Crippen molar-refractivity contribution in [1.29, 1.82) is 0 Å². The summed E-state index contributed by atoms with van der Waals surface area (Å²) in [5, 5.41) is 0. The Hall–Kier alpha value is -0.500. The maximum absolute atomic E-state index is 12.6. The topological polar surface area (TPSA) is 18.5 Å². The minimum Gasteiger partial charge on any atom is -0.322 e. The molecule has 0 rings (SSSR count). The molecular formula is C5H6F6O2. The number of rotatable bonds is 3. The number of methoxy groups -OCH3 is 1. The van der Waals surface area contributed by atoms with Gasteiger partial charge in [0.1, 0.15) is 0 Å². The zero-order valence-corrected chi connectivity index (χ0v) is 6.58. The summed E-state index contributed by atoms with van der Waals surface area (Å²) in [7, 11) is 0.336. The Morgan fingerprint density at radius 1 is 0.923 bits per heavy atom. The predicted octanol–water partition coefficient (Wildman–Crippen LogP) is 2.45. The lowest BCUT2D eigenvalue weighted by Gasteiger charge is -2.29. The van der Waals surface area contributed by atoms with Crippen molar-refractivity contribution >= 4 is 0 Å². The van der Waals surface area contributed by atoms with E-state index in [1.54, 1.807) is 0 Å². The number of alkyl halides is 6. The summed E-state index contributed by atoms with van der Waals surface area (Å²) in [4.78, 5) is 0. The van der Waals surface area contributed by atoms with Gasteiger partial charge in [-0.3, -0.25) is 0 Å². The van der Waals surface area contributed by atoms with Crippen molar-refractivity contribution in [2.75, 3.05) is 7.11 Å². The summed E-state index contributed by atoms with van der Waals surface area (Å²) in [6, 6.07) is -4.49. The molecule has 0 aliphatic carbocycles. The highest BCUT2D eigenvalue weighted by atomic mass is 19.4.